The van der Waals surface area contributed by atoms with Crippen LogP contribution in [0.15, 0.2) is 17.3 Å². The fourth-order valence-electron chi connectivity index (χ4n) is 1.16. The average molecular weight is 297 g/mol. The fraction of sp³-hybridized carbons (Fsp3) is 0.700. The van der Waals surface area contributed by atoms with Crippen LogP contribution < -0.4 is 10.0 Å². The number of rotatable bonds is 6. The van der Waals surface area contributed by atoms with Crippen LogP contribution >= 0.6 is 12.4 Å². The molecule has 0 aliphatic carbocycles. The molecule has 2 N–H and O–H groups in total. The summed E-state index contributed by atoms with van der Waals surface area (Å²) in [6.07, 6.45) is 2.91. The van der Waals surface area contributed by atoms with Crippen LogP contribution in [-0.4, -0.2) is 37.8 Å². The van der Waals surface area contributed by atoms with Crippen molar-refractivity contribution in [3.05, 3.63) is 12.4 Å². The minimum Gasteiger partial charge on any atom is -0.316 e. The summed E-state index contributed by atoms with van der Waals surface area (Å²) < 4.78 is 27.9. The van der Waals surface area contributed by atoms with E-state index < -0.39 is 10.0 Å². The highest BCUT2D eigenvalue weighted by atomic mass is 35.5. The second-order valence-corrected chi connectivity index (χ2v) is 6.06. The molecule has 6 nitrogen and oxygen atoms in total. The number of aromatic nitrogens is 2. The molecule has 0 saturated carbocycles. The first-order valence-electron chi connectivity index (χ1n) is 5.58. The van der Waals surface area contributed by atoms with E-state index >= 15 is 0 Å². The second-order valence-electron chi connectivity index (χ2n) is 4.29. The lowest BCUT2D eigenvalue weighted by Gasteiger charge is -2.10. The second kappa shape index (κ2) is 7.08. The van der Waals surface area contributed by atoms with Gasteiger partial charge in [-0.3, -0.25) is 4.68 Å². The van der Waals surface area contributed by atoms with Gasteiger partial charge in [-0.1, -0.05) is 0 Å². The number of sulfonamides is 1. The molecule has 1 atom stereocenters. The molecule has 1 heterocycles. The quantitative estimate of drug-likeness (QED) is 0.813. The molecule has 18 heavy (non-hydrogen) atoms. The lowest BCUT2D eigenvalue weighted by Crippen LogP contribution is -2.37. The molecule has 0 aromatic carbocycles. The number of nitrogens with zero attached hydrogens (tertiary/aromatic N) is 2. The first-order chi connectivity index (χ1) is 7.86. The first kappa shape index (κ1) is 17.4. The van der Waals surface area contributed by atoms with Gasteiger partial charge in [0.25, 0.3) is 0 Å². The highest BCUT2D eigenvalue weighted by Gasteiger charge is 2.17. The molecule has 0 aliphatic rings. The molecular formula is C10H21ClN4O2S. The maximum absolute atomic E-state index is 11.9. The van der Waals surface area contributed by atoms with Gasteiger partial charge in [-0.2, -0.15) is 5.10 Å². The van der Waals surface area contributed by atoms with Crippen LogP contribution in [0.25, 0.3) is 0 Å². The van der Waals surface area contributed by atoms with Crippen LogP contribution in [0, 0.1) is 0 Å². The molecule has 1 aromatic rings. The molecule has 8 heteroatoms. The van der Waals surface area contributed by atoms with Crippen LogP contribution in [0.1, 0.15) is 26.8 Å². The highest BCUT2D eigenvalue weighted by Crippen LogP contribution is 2.10. The zero-order chi connectivity index (χ0) is 13.1. The molecule has 0 amide bonds. The van der Waals surface area contributed by atoms with Crippen molar-refractivity contribution >= 4 is 22.4 Å². The van der Waals surface area contributed by atoms with E-state index in [9.17, 15) is 8.42 Å². The Labute approximate surface area is 115 Å². The normalized spacial score (nSPS) is 13.4. The van der Waals surface area contributed by atoms with E-state index in [4.69, 9.17) is 0 Å². The molecule has 0 aliphatic heterocycles. The van der Waals surface area contributed by atoms with Gasteiger partial charge in [-0.05, 0) is 27.8 Å². The maximum atomic E-state index is 11.9. The van der Waals surface area contributed by atoms with Gasteiger partial charge in [-0.15, -0.1) is 12.4 Å². The standard InChI is InChI=1S/C10H20N4O2S.ClH/c1-8(2)14-7-10(6-12-14)17(15,16)13-5-9(3)11-4;/h6-9,11,13H,5H2,1-4H3;1H. The molecule has 0 spiro atoms. The molecule has 1 aromatic heterocycles. The van der Waals surface area contributed by atoms with E-state index in [2.05, 4.69) is 15.1 Å². The van der Waals surface area contributed by atoms with Gasteiger partial charge in [0.15, 0.2) is 0 Å². The number of hydrogen-bond acceptors (Lipinski definition) is 4. The van der Waals surface area contributed by atoms with Gasteiger partial charge < -0.3 is 5.32 Å². The third-order valence-electron chi connectivity index (χ3n) is 2.49. The number of hydrogen-bond donors (Lipinski definition) is 2. The molecular weight excluding hydrogens is 276 g/mol. The number of halogens is 1. The van der Waals surface area contributed by atoms with Crippen LogP contribution in [0.4, 0.5) is 0 Å². The summed E-state index contributed by atoms with van der Waals surface area (Å²) in [6, 6.07) is 0.236. The van der Waals surface area contributed by atoms with Gasteiger partial charge in [0.05, 0.1) is 6.20 Å². The Morgan fingerprint density at radius 3 is 2.44 bits per heavy atom. The Hall–Kier alpha value is -0.630. The summed E-state index contributed by atoms with van der Waals surface area (Å²) in [5.74, 6) is 0. The van der Waals surface area contributed by atoms with E-state index in [-0.39, 0.29) is 29.4 Å². The van der Waals surface area contributed by atoms with Crippen LogP contribution in [0.3, 0.4) is 0 Å². The Bertz CT molecular complexity index is 458. The highest BCUT2D eigenvalue weighted by molar-refractivity contribution is 7.89. The molecule has 0 fully saturated rings. The van der Waals surface area contributed by atoms with Gasteiger partial charge in [0, 0.05) is 24.8 Å². The van der Waals surface area contributed by atoms with Gasteiger partial charge in [0.2, 0.25) is 10.0 Å². The van der Waals surface area contributed by atoms with Gasteiger partial charge >= 0.3 is 0 Å². The lowest BCUT2D eigenvalue weighted by molar-refractivity contribution is 0.530. The molecule has 0 radical (unpaired) electrons. The van der Waals surface area contributed by atoms with Crippen molar-refractivity contribution in [2.24, 2.45) is 0 Å². The number of likely N-dealkylation sites (N-methyl/N-ethyl adjacent to an activating group) is 1. The third-order valence-corrected chi connectivity index (χ3v) is 3.87. The lowest BCUT2D eigenvalue weighted by atomic mass is 10.4. The maximum Gasteiger partial charge on any atom is 0.243 e. The summed E-state index contributed by atoms with van der Waals surface area (Å²) in [4.78, 5) is 0.203. The van der Waals surface area contributed by atoms with E-state index in [1.54, 1.807) is 11.7 Å². The first-order valence-corrected chi connectivity index (χ1v) is 7.06. The van der Waals surface area contributed by atoms with E-state index in [0.29, 0.717) is 6.54 Å². The van der Waals surface area contributed by atoms with E-state index in [0.717, 1.165) is 0 Å². The smallest absolute Gasteiger partial charge is 0.243 e. The molecule has 106 valence electrons. The largest absolute Gasteiger partial charge is 0.316 e. The monoisotopic (exact) mass is 296 g/mol. The zero-order valence-corrected chi connectivity index (χ0v) is 12.7. The SMILES string of the molecule is CNC(C)CNS(=O)(=O)c1cnn(C(C)C)c1.Cl. The van der Waals surface area contributed by atoms with Crippen molar-refractivity contribution in [1.29, 1.82) is 0 Å². The molecule has 0 bridgehead atoms. The summed E-state index contributed by atoms with van der Waals surface area (Å²) in [6.45, 7) is 6.14. The van der Waals surface area contributed by atoms with Crippen LogP contribution in [0.2, 0.25) is 0 Å². The van der Waals surface area contributed by atoms with Gasteiger partial charge in [-0.25, -0.2) is 13.1 Å². The summed E-state index contributed by atoms with van der Waals surface area (Å²) in [5.41, 5.74) is 0. The Balaban J connectivity index is 0.00000289. The number of nitrogens with one attached hydrogen (secondary N) is 2. The predicted octanol–water partition coefficient (Wildman–Crippen LogP) is 0.772. The van der Waals surface area contributed by atoms with Crippen molar-refractivity contribution in [3.63, 3.8) is 0 Å². The summed E-state index contributed by atoms with van der Waals surface area (Å²) in [7, 11) is -1.66. The third kappa shape index (κ3) is 4.56. The predicted molar refractivity (Wildman–Crippen MR) is 73.6 cm³/mol. The average Bonchev–Trinajstić information content (AvgIpc) is 2.76. The Morgan fingerprint density at radius 2 is 2.00 bits per heavy atom. The molecule has 1 rings (SSSR count). The van der Waals surface area contributed by atoms with Crippen LogP contribution in [0.5, 0.6) is 0 Å². The van der Waals surface area contributed by atoms with Crippen LogP contribution in [-0.2, 0) is 10.0 Å². The zero-order valence-electron chi connectivity index (χ0n) is 11.0. The minimum absolute atomic E-state index is 0. The van der Waals surface area contributed by atoms with E-state index in [1.807, 2.05) is 20.8 Å². The van der Waals surface area contributed by atoms with Crippen molar-refractivity contribution in [3.8, 4) is 0 Å². The molecule has 0 saturated heterocycles. The topological polar surface area (TPSA) is 76.0 Å². The summed E-state index contributed by atoms with van der Waals surface area (Å²) >= 11 is 0. The molecule has 1 unspecified atom stereocenters. The summed E-state index contributed by atoms with van der Waals surface area (Å²) in [5, 5.41) is 6.98. The van der Waals surface area contributed by atoms with Gasteiger partial charge in [0.1, 0.15) is 4.90 Å². The van der Waals surface area contributed by atoms with Crippen molar-refractivity contribution in [1.82, 2.24) is 19.8 Å². The van der Waals surface area contributed by atoms with Crippen molar-refractivity contribution < 1.29 is 8.42 Å². The fourth-order valence-corrected chi connectivity index (χ4v) is 2.23. The van der Waals surface area contributed by atoms with Crippen molar-refractivity contribution in [2.45, 2.75) is 37.8 Å². The van der Waals surface area contributed by atoms with Crippen molar-refractivity contribution in [2.75, 3.05) is 13.6 Å². The Kier molecular flexibility index (Phi) is 6.83. The Morgan fingerprint density at radius 1 is 1.39 bits per heavy atom. The minimum atomic E-state index is -3.45. The van der Waals surface area contributed by atoms with E-state index in [1.165, 1.54) is 12.4 Å².